The first-order valence-corrected chi connectivity index (χ1v) is 6.99. The lowest BCUT2D eigenvalue weighted by Gasteiger charge is -2.30. The van der Waals surface area contributed by atoms with E-state index in [0.29, 0.717) is 5.82 Å². The van der Waals surface area contributed by atoms with Crippen molar-refractivity contribution in [1.82, 2.24) is 14.9 Å². The topological polar surface area (TPSA) is 95.5 Å². The Kier molecular flexibility index (Phi) is 3.93. The van der Waals surface area contributed by atoms with E-state index in [4.69, 9.17) is 9.84 Å². The maximum absolute atomic E-state index is 12.3. The molecule has 21 heavy (non-hydrogen) atoms. The summed E-state index contributed by atoms with van der Waals surface area (Å²) in [5.41, 5.74) is -0.618. The summed E-state index contributed by atoms with van der Waals surface area (Å²) in [6.45, 7) is 7.40. The zero-order valence-corrected chi connectivity index (χ0v) is 12.7. The molecule has 0 bridgehead atoms. The Bertz CT molecular complexity index is 547. The Hall–Kier alpha value is -2.05. The number of imidazole rings is 1. The molecule has 0 spiro atoms. The average Bonchev–Trinajstić information content (AvgIpc) is 2.92. The van der Waals surface area contributed by atoms with Gasteiger partial charge in [0.2, 0.25) is 0 Å². The normalized spacial score (nSPS) is 22.4. The van der Waals surface area contributed by atoms with Crippen LogP contribution in [0.5, 0.6) is 0 Å². The van der Waals surface area contributed by atoms with E-state index in [1.807, 2.05) is 27.7 Å². The van der Waals surface area contributed by atoms with Crippen LogP contribution in [0.1, 0.15) is 62.9 Å². The second kappa shape index (κ2) is 5.38. The standard InChI is InChI=1S/C14H21N3O4/c1-8-5-6-10(11-15-7-9(16-11)12(18)19)17(8)13(20)21-14(2,3)4/h7-8,10H,5-6H2,1-4H3,(H,15,16)(H,18,19). The highest BCUT2D eigenvalue weighted by atomic mass is 16.6. The van der Waals surface area contributed by atoms with Gasteiger partial charge in [-0.05, 0) is 40.5 Å². The molecule has 0 aliphatic carbocycles. The second-order valence-corrected chi connectivity index (χ2v) is 6.31. The van der Waals surface area contributed by atoms with Gasteiger partial charge in [0, 0.05) is 12.2 Å². The van der Waals surface area contributed by atoms with Gasteiger partial charge in [0.15, 0.2) is 5.69 Å². The number of nitrogens with zero attached hydrogens (tertiary/aromatic N) is 2. The molecule has 1 fully saturated rings. The van der Waals surface area contributed by atoms with Crippen molar-refractivity contribution in [2.75, 3.05) is 0 Å². The Morgan fingerprint density at radius 2 is 2.10 bits per heavy atom. The number of aromatic nitrogens is 2. The summed E-state index contributed by atoms with van der Waals surface area (Å²) >= 11 is 0. The van der Waals surface area contributed by atoms with Crippen LogP contribution in [-0.4, -0.2) is 43.7 Å². The number of carbonyl (C=O) groups is 2. The van der Waals surface area contributed by atoms with Crippen LogP contribution < -0.4 is 0 Å². The number of ether oxygens (including phenoxy) is 1. The third-order valence-electron chi connectivity index (χ3n) is 3.41. The van der Waals surface area contributed by atoms with Gasteiger partial charge in [-0.1, -0.05) is 0 Å². The molecule has 2 heterocycles. The van der Waals surface area contributed by atoms with Crippen LogP contribution >= 0.6 is 0 Å². The van der Waals surface area contributed by atoms with Gasteiger partial charge in [0.05, 0.1) is 6.04 Å². The lowest BCUT2D eigenvalue weighted by Crippen LogP contribution is -2.40. The van der Waals surface area contributed by atoms with Gasteiger partial charge in [0.1, 0.15) is 11.4 Å². The first kappa shape index (κ1) is 15.3. The van der Waals surface area contributed by atoms with Crippen molar-refractivity contribution in [3.63, 3.8) is 0 Å². The molecule has 7 nitrogen and oxygen atoms in total. The average molecular weight is 295 g/mol. The van der Waals surface area contributed by atoms with Crippen LogP contribution in [0.3, 0.4) is 0 Å². The fraction of sp³-hybridized carbons (Fsp3) is 0.643. The first-order valence-electron chi connectivity index (χ1n) is 6.99. The van der Waals surface area contributed by atoms with Crippen molar-refractivity contribution >= 4 is 12.1 Å². The van der Waals surface area contributed by atoms with E-state index >= 15 is 0 Å². The van der Waals surface area contributed by atoms with Crippen LogP contribution in [-0.2, 0) is 4.74 Å². The number of hydrogen-bond acceptors (Lipinski definition) is 4. The first-order chi connectivity index (χ1) is 9.69. The molecule has 1 saturated heterocycles. The van der Waals surface area contributed by atoms with Crippen molar-refractivity contribution in [2.45, 2.75) is 58.2 Å². The summed E-state index contributed by atoms with van der Waals surface area (Å²) < 4.78 is 5.43. The van der Waals surface area contributed by atoms with E-state index in [2.05, 4.69) is 9.97 Å². The van der Waals surface area contributed by atoms with E-state index in [0.717, 1.165) is 12.8 Å². The molecular formula is C14H21N3O4. The van der Waals surface area contributed by atoms with Crippen LogP contribution in [0.4, 0.5) is 4.79 Å². The van der Waals surface area contributed by atoms with Gasteiger partial charge in [-0.15, -0.1) is 0 Å². The third kappa shape index (κ3) is 3.34. The monoisotopic (exact) mass is 295 g/mol. The lowest BCUT2D eigenvalue weighted by atomic mass is 10.2. The number of rotatable bonds is 2. The van der Waals surface area contributed by atoms with Crippen molar-refractivity contribution in [1.29, 1.82) is 0 Å². The number of amides is 1. The number of likely N-dealkylation sites (tertiary alicyclic amines) is 1. The highest BCUT2D eigenvalue weighted by Crippen LogP contribution is 2.35. The number of carboxylic acids is 1. The minimum Gasteiger partial charge on any atom is -0.476 e. The van der Waals surface area contributed by atoms with E-state index in [-0.39, 0.29) is 17.8 Å². The second-order valence-electron chi connectivity index (χ2n) is 6.31. The predicted octanol–water partition coefficient (Wildman–Crippen LogP) is 2.57. The molecule has 2 rings (SSSR count). The Morgan fingerprint density at radius 3 is 2.62 bits per heavy atom. The molecular weight excluding hydrogens is 274 g/mol. The lowest BCUT2D eigenvalue weighted by molar-refractivity contribution is 0.0151. The summed E-state index contributed by atoms with van der Waals surface area (Å²) in [4.78, 5) is 31.8. The van der Waals surface area contributed by atoms with Crippen LogP contribution in [0.2, 0.25) is 0 Å². The van der Waals surface area contributed by atoms with E-state index in [1.165, 1.54) is 6.20 Å². The number of carbonyl (C=O) groups excluding carboxylic acids is 1. The number of hydrogen-bond donors (Lipinski definition) is 2. The van der Waals surface area contributed by atoms with E-state index in [1.54, 1.807) is 4.90 Å². The largest absolute Gasteiger partial charge is 0.476 e. The Morgan fingerprint density at radius 1 is 1.43 bits per heavy atom. The Balaban J connectivity index is 2.21. The van der Waals surface area contributed by atoms with Crippen molar-refractivity contribution < 1.29 is 19.4 Å². The van der Waals surface area contributed by atoms with E-state index < -0.39 is 17.7 Å². The highest BCUT2D eigenvalue weighted by molar-refractivity contribution is 5.85. The molecule has 0 radical (unpaired) electrons. The fourth-order valence-electron chi connectivity index (χ4n) is 2.49. The number of nitrogens with one attached hydrogen (secondary N) is 1. The Labute approximate surface area is 123 Å². The van der Waals surface area contributed by atoms with Gasteiger partial charge in [-0.2, -0.15) is 0 Å². The smallest absolute Gasteiger partial charge is 0.411 e. The number of aromatic carboxylic acids is 1. The molecule has 0 saturated carbocycles. The van der Waals surface area contributed by atoms with Crippen molar-refractivity contribution in [3.8, 4) is 0 Å². The van der Waals surface area contributed by atoms with E-state index in [9.17, 15) is 9.59 Å². The zero-order chi connectivity index (χ0) is 15.8. The summed E-state index contributed by atoms with van der Waals surface area (Å²) in [6.07, 6.45) is 2.50. The summed E-state index contributed by atoms with van der Waals surface area (Å²) in [5, 5.41) is 8.93. The van der Waals surface area contributed by atoms with Crippen molar-refractivity contribution in [2.24, 2.45) is 0 Å². The molecule has 116 valence electrons. The molecule has 1 aromatic heterocycles. The summed E-state index contributed by atoms with van der Waals surface area (Å²) in [7, 11) is 0. The fourth-order valence-corrected chi connectivity index (χ4v) is 2.49. The molecule has 7 heteroatoms. The maximum Gasteiger partial charge on any atom is 0.411 e. The van der Waals surface area contributed by atoms with Gasteiger partial charge in [0.25, 0.3) is 0 Å². The summed E-state index contributed by atoms with van der Waals surface area (Å²) in [6, 6.07) is -0.244. The molecule has 0 aromatic carbocycles. The van der Waals surface area contributed by atoms with Gasteiger partial charge < -0.3 is 14.8 Å². The molecule has 1 amide bonds. The van der Waals surface area contributed by atoms with Crippen LogP contribution in [0.15, 0.2) is 6.20 Å². The number of carboxylic acid groups (broad SMARTS) is 1. The molecule has 1 aliphatic rings. The number of H-pyrrole nitrogens is 1. The van der Waals surface area contributed by atoms with Crippen molar-refractivity contribution in [3.05, 3.63) is 17.7 Å². The van der Waals surface area contributed by atoms with Gasteiger partial charge in [-0.25, -0.2) is 14.6 Å². The molecule has 1 aromatic rings. The molecule has 2 N–H and O–H groups in total. The minimum atomic E-state index is -1.09. The maximum atomic E-state index is 12.3. The predicted molar refractivity (Wildman–Crippen MR) is 75.1 cm³/mol. The van der Waals surface area contributed by atoms with Crippen LogP contribution in [0, 0.1) is 0 Å². The minimum absolute atomic E-state index is 0.0308. The van der Waals surface area contributed by atoms with Gasteiger partial charge in [-0.3, -0.25) is 4.90 Å². The molecule has 2 atom stereocenters. The van der Waals surface area contributed by atoms with Gasteiger partial charge >= 0.3 is 12.1 Å². The summed E-state index contributed by atoms with van der Waals surface area (Å²) in [5.74, 6) is -0.602. The van der Waals surface area contributed by atoms with Crippen LogP contribution in [0.25, 0.3) is 0 Å². The number of aromatic amines is 1. The third-order valence-corrected chi connectivity index (χ3v) is 3.41. The quantitative estimate of drug-likeness (QED) is 0.874. The zero-order valence-electron chi connectivity index (χ0n) is 12.7. The SMILES string of the molecule is CC1CCC(c2nc(C(=O)O)c[nH]2)N1C(=O)OC(C)(C)C. The molecule has 1 aliphatic heterocycles. The highest BCUT2D eigenvalue weighted by Gasteiger charge is 2.39. The molecule has 2 unspecified atom stereocenters.